The Balaban J connectivity index is 2.34. The van der Waals surface area contributed by atoms with Crippen molar-refractivity contribution in [1.82, 2.24) is 10.2 Å². The molecule has 0 aliphatic rings. The second-order valence-electron chi connectivity index (χ2n) is 3.73. The van der Waals surface area contributed by atoms with E-state index in [0.717, 1.165) is 0 Å². The lowest BCUT2D eigenvalue weighted by molar-refractivity contribution is 0.0481. The molecular formula is C13H14N2O5. The van der Waals surface area contributed by atoms with Gasteiger partial charge in [0, 0.05) is 11.6 Å². The lowest BCUT2D eigenvalue weighted by Gasteiger charge is -2.05. The predicted molar refractivity (Wildman–Crippen MR) is 68.8 cm³/mol. The minimum absolute atomic E-state index is 0.185. The zero-order valence-corrected chi connectivity index (χ0v) is 11.4. The molecule has 0 aliphatic heterocycles. The zero-order valence-electron chi connectivity index (χ0n) is 11.4. The van der Waals surface area contributed by atoms with Gasteiger partial charge in [0.05, 0.1) is 20.8 Å². The van der Waals surface area contributed by atoms with Crippen LogP contribution in [0, 0.1) is 0 Å². The van der Waals surface area contributed by atoms with E-state index in [1.54, 1.807) is 25.1 Å². The van der Waals surface area contributed by atoms with Crippen molar-refractivity contribution in [1.29, 1.82) is 0 Å². The van der Waals surface area contributed by atoms with Gasteiger partial charge in [-0.1, -0.05) is 0 Å². The molecule has 0 spiro atoms. The molecule has 7 nitrogen and oxygen atoms in total. The highest BCUT2D eigenvalue weighted by molar-refractivity contribution is 5.84. The first-order valence-electron chi connectivity index (χ1n) is 5.92. The Kier molecular flexibility index (Phi) is 4.19. The summed E-state index contributed by atoms with van der Waals surface area (Å²) in [4.78, 5) is 11.5. The Labute approximate surface area is 115 Å². The van der Waals surface area contributed by atoms with E-state index in [9.17, 15) is 4.79 Å². The SMILES string of the molecule is CCOC(=O)c1nnc(-c2cc(OC)cc(OC)c2)o1. The Morgan fingerprint density at radius 3 is 2.35 bits per heavy atom. The molecule has 0 unspecified atom stereocenters. The van der Waals surface area contributed by atoms with Gasteiger partial charge in [-0.25, -0.2) is 4.79 Å². The van der Waals surface area contributed by atoms with Crippen LogP contribution in [0.15, 0.2) is 22.6 Å². The minimum Gasteiger partial charge on any atom is -0.497 e. The van der Waals surface area contributed by atoms with E-state index in [-0.39, 0.29) is 18.4 Å². The van der Waals surface area contributed by atoms with Gasteiger partial charge >= 0.3 is 11.9 Å². The summed E-state index contributed by atoms with van der Waals surface area (Å²) in [5, 5.41) is 7.46. The number of esters is 1. The third-order valence-electron chi connectivity index (χ3n) is 2.47. The number of carbonyl (C=O) groups is 1. The number of hydrogen-bond donors (Lipinski definition) is 0. The summed E-state index contributed by atoms with van der Waals surface area (Å²) in [6, 6.07) is 5.11. The van der Waals surface area contributed by atoms with E-state index in [1.807, 2.05) is 0 Å². The fraction of sp³-hybridized carbons (Fsp3) is 0.308. The lowest BCUT2D eigenvalue weighted by atomic mass is 10.2. The summed E-state index contributed by atoms with van der Waals surface area (Å²) in [7, 11) is 3.08. The van der Waals surface area contributed by atoms with E-state index in [1.165, 1.54) is 14.2 Å². The molecule has 0 N–H and O–H groups in total. The standard InChI is InChI=1S/C13H14N2O5/c1-4-19-13(16)12-15-14-11(20-12)8-5-9(17-2)7-10(6-8)18-3/h5-7H,4H2,1-3H3. The average Bonchev–Trinajstić information content (AvgIpc) is 2.97. The molecule has 106 valence electrons. The number of nitrogens with zero attached hydrogens (tertiary/aromatic N) is 2. The third kappa shape index (κ3) is 2.87. The van der Waals surface area contributed by atoms with E-state index in [2.05, 4.69) is 10.2 Å². The van der Waals surface area contributed by atoms with E-state index < -0.39 is 5.97 Å². The van der Waals surface area contributed by atoms with Crippen LogP contribution in [0.5, 0.6) is 11.5 Å². The zero-order chi connectivity index (χ0) is 14.5. The van der Waals surface area contributed by atoms with E-state index in [4.69, 9.17) is 18.6 Å². The number of hydrogen-bond acceptors (Lipinski definition) is 7. The fourth-order valence-corrected chi connectivity index (χ4v) is 1.55. The smallest absolute Gasteiger partial charge is 0.396 e. The van der Waals surface area contributed by atoms with Crippen LogP contribution in [0.25, 0.3) is 11.5 Å². The Bertz CT molecular complexity index is 586. The van der Waals surface area contributed by atoms with Crippen molar-refractivity contribution >= 4 is 5.97 Å². The lowest BCUT2D eigenvalue weighted by Crippen LogP contribution is -2.04. The molecule has 0 bridgehead atoms. The van der Waals surface area contributed by atoms with Gasteiger partial charge in [0.25, 0.3) is 0 Å². The normalized spacial score (nSPS) is 10.2. The van der Waals surface area contributed by atoms with Crippen LogP contribution >= 0.6 is 0 Å². The van der Waals surface area contributed by atoms with Crippen molar-refractivity contribution in [2.24, 2.45) is 0 Å². The van der Waals surface area contributed by atoms with Gasteiger partial charge in [0.15, 0.2) is 0 Å². The van der Waals surface area contributed by atoms with Crippen LogP contribution in [0.1, 0.15) is 17.6 Å². The van der Waals surface area contributed by atoms with Gasteiger partial charge < -0.3 is 18.6 Å². The van der Waals surface area contributed by atoms with Crippen LogP contribution in [0.3, 0.4) is 0 Å². The largest absolute Gasteiger partial charge is 0.497 e. The topological polar surface area (TPSA) is 83.7 Å². The highest BCUT2D eigenvalue weighted by Crippen LogP contribution is 2.28. The summed E-state index contributed by atoms with van der Waals surface area (Å²) in [6.07, 6.45) is 0. The van der Waals surface area contributed by atoms with Crippen molar-refractivity contribution in [2.45, 2.75) is 6.92 Å². The van der Waals surface area contributed by atoms with Gasteiger partial charge in [-0.15, -0.1) is 10.2 Å². The molecule has 1 heterocycles. The first kappa shape index (κ1) is 13.9. The number of rotatable bonds is 5. The van der Waals surface area contributed by atoms with Crippen molar-refractivity contribution in [3.8, 4) is 23.0 Å². The maximum absolute atomic E-state index is 11.5. The molecule has 0 aliphatic carbocycles. The van der Waals surface area contributed by atoms with Gasteiger partial charge in [0.1, 0.15) is 11.5 Å². The molecule has 0 saturated carbocycles. The van der Waals surface area contributed by atoms with Crippen LogP contribution in [-0.2, 0) is 4.74 Å². The van der Waals surface area contributed by atoms with Crippen LogP contribution in [0.4, 0.5) is 0 Å². The number of benzene rings is 1. The highest BCUT2D eigenvalue weighted by Gasteiger charge is 2.17. The monoisotopic (exact) mass is 278 g/mol. The molecule has 1 aromatic heterocycles. The summed E-state index contributed by atoms with van der Waals surface area (Å²) in [5.74, 6) is 0.500. The number of aromatic nitrogens is 2. The fourth-order valence-electron chi connectivity index (χ4n) is 1.55. The Morgan fingerprint density at radius 2 is 1.80 bits per heavy atom. The van der Waals surface area contributed by atoms with Crippen LogP contribution in [0.2, 0.25) is 0 Å². The quantitative estimate of drug-likeness (QED) is 0.772. The predicted octanol–water partition coefficient (Wildman–Crippen LogP) is 1.93. The second-order valence-corrected chi connectivity index (χ2v) is 3.73. The number of carbonyl (C=O) groups excluding carboxylic acids is 1. The highest BCUT2D eigenvalue weighted by atomic mass is 16.5. The molecule has 0 radical (unpaired) electrons. The van der Waals surface area contributed by atoms with Crippen molar-refractivity contribution in [3.05, 3.63) is 24.1 Å². The maximum atomic E-state index is 11.5. The summed E-state index contributed by atoms with van der Waals surface area (Å²) in [6.45, 7) is 1.94. The van der Waals surface area contributed by atoms with Crippen molar-refractivity contribution in [2.75, 3.05) is 20.8 Å². The molecule has 2 rings (SSSR count). The van der Waals surface area contributed by atoms with Crippen LogP contribution in [-0.4, -0.2) is 37.0 Å². The minimum atomic E-state index is -0.652. The third-order valence-corrected chi connectivity index (χ3v) is 2.47. The molecule has 0 saturated heterocycles. The number of methoxy groups -OCH3 is 2. The van der Waals surface area contributed by atoms with E-state index >= 15 is 0 Å². The van der Waals surface area contributed by atoms with Gasteiger partial charge in [-0.3, -0.25) is 0 Å². The summed E-state index contributed by atoms with van der Waals surface area (Å²) in [5.41, 5.74) is 0.587. The molecule has 2 aromatic rings. The maximum Gasteiger partial charge on any atom is 0.396 e. The van der Waals surface area contributed by atoms with Crippen molar-refractivity contribution < 1.29 is 23.4 Å². The van der Waals surface area contributed by atoms with Crippen LogP contribution < -0.4 is 9.47 Å². The van der Waals surface area contributed by atoms with E-state index in [0.29, 0.717) is 17.1 Å². The Morgan fingerprint density at radius 1 is 1.15 bits per heavy atom. The van der Waals surface area contributed by atoms with Gasteiger partial charge in [-0.05, 0) is 19.1 Å². The summed E-state index contributed by atoms with van der Waals surface area (Å²) < 4.78 is 20.4. The summed E-state index contributed by atoms with van der Waals surface area (Å²) >= 11 is 0. The first-order valence-corrected chi connectivity index (χ1v) is 5.92. The molecule has 0 atom stereocenters. The van der Waals surface area contributed by atoms with Crippen molar-refractivity contribution in [3.63, 3.8) is 0 Å². The Hall–Kier alpha value is -2.57. The molecule has 0 amide bonds. The molecule has 7 heteroatoms. The molecule has 1 aromatic carbocycles. The van der Waals surface area contributed by atoms with Gasteiger partial charge in [-0.2, -0.15) is 0 Å². The molecule has 20 heavy (non-hydrogen) atoms. The second kappa shape index (κ2) is 6.05. The van der Waals surface area contributed by atoms with Gasteiger partial charge in [0.2, 0.25) is 5.89 Å². The molecular weight excluding hydrogens is 264 g/mol. The average molecular weight is 278 g/mol. The number of ether oxygens (including phenoxy) is 3. The molecule has 0 fully saturated rings. The first-order chi connectivity index (χ1) is 9.67.